The number of halogens is 1. The third kappa shape index (κ3) is 9.13. The molecule has 150 valence electrons. The molecule has 0 saturated carbocycles. The second-order valence-electron chi connectivity index (χ2n) is 6.88. The van der Waals surface area contributed by atoms with E-state index in [1.54, 1.807) is 18.4 Å². The maximum absolute atomic E-state index is 12.0. The summed E-state index contributed by atoms with van der Waals surface area (Å²) < 4.78 is 5.30. The minimum absolute atomic E-state index is 0. The van der Waals surface area contributed by atoms with Crippen LogP contribution in [0, 0.1) is 0 Å². The molecule has 7 nitrogen and oxygen atoms in total. The summed E-state index contributed by atoms with van der Waals surface area (Å²) in [7, 11) is 3.61. The van der Waals surface area contributed by atoms with Crippen molar-refractivity contribution in [1.29, 1.82) is 0 Å². The maximum atomic E-state index is 12.0. The van der Waals surface area contributed by atoms with Crippen LogP contribution in [0.2, 0.25) is 0 Å². The largest absolute Gasteiger partial charge is 0.375 e. The van der Waals surface area contributed by atoms with Gasteiger partial charge in [-0.2, -0.15) is 0 Å². The minimum atomic E-state index is -0.258. The van der Waals surface area contributed by atoms with E-state index in [4.69, 9.17) is 4.74 Å². The van der Waals surface area contributed by atoms with E-state index < -0.39 is 0 Å². The van der Waals surface area contributed by atoms with Gasteiger partial charge in [-0.05, 0) is 34.6 Å². The molecule has 0 aliphatic heterocycles. The van der Waals surface area contributed by atoms with E-state index in [0.717, 1.165) is 17.2 Å². The van der Waals surface area contributed by atoms with Gasteiger partial charge in [0.05, 0.1) is 12.2 Å². The number of rotatable bonds is 7. The lowest BCUT2D eigenvalue weighted by Crippen LogP contribution is -2.43. The molecule has 1 amide bonds. The molecule has 1 atom stereocenters. The fourth-order valence-electron chi connectivity index (χ4n) is 2.07. The van der Waals surface area contributed by atoms with Gasteiger partial charge in [-0.3, -0.25) is 4.79 Å². The van der Waals surface area contributed by atoms with Crippen LogP contribution < -0.4 is 10.6 Å². The van der Waals surface area contributed by atoms with Gasteiger partial charge in [-0.25, -0.2) is 9.98 Å². The predicted molar refractivity (Wildman–Crippen MR) is 118 cm³/mol. The quantitative estimate of drug-likeness (QED) is 0.344. The van der Waals surface area contributed by atoms with E-state index in [9.17, 15) is 4.79 Å². The van der Waals surface area contributed by atoms with E-state index in [1.165, 1.54) is 0 Å². The average Bonchev–Trinajstić information content (AvgIpc) is 2.97. The fourth-order valence-corrected chi connectivity index (χ4v) is 2.92. The molecule has 0 fully saturated rings. The Kier molecular flexibility index (Phi) is 11.3. The van der Waals surface area contributed by atoms with Crippen LogP contribution in [0.25, 0.3) is 0 Å². The lowest BCUT2D eigenvalue weighted by Gasteiger charge is -2.22. The van der Waals surface area contributed by atoms with Crippen LogP contribution in [0.4, 0.5) is 0 Å². The molecule has 0 aliphatic carbocycles. The first-order chi connectivity index (χ1) is 11.7. The lowest BCUT2D eigenvalue weighted by atomic mass is 10.1. The minimum Gasteiger partial charge on any atom is -0.375 e. The molecule has 0 aliphatic rings. The highest BCUT2D eigenvalue weighted by atomic mass is 127. The Morgan fingerprint density at radius 1 is 1.46 bits per heavy atom. The van der Waals surface area contributed by atoms with Crippen molar-refractivity contribution in [2.75, 3.05) is 27.2 Å². The number of aliphatic imine (C=N–C) groups is 1. The smallest absolute Gasteiger partial charge is 0.242 e. The van der Waals surface area contributed by atoms with Crippen molar-refractivity contribution in [2.24, 2.45) is 4.99 Å². The van der Waals surface area contributed by atoms with Gasteiger partial charge in [0.25, 0.3) is 0 Å². The monoisotopic (exact) mass is 497 g/mol. The molecule has 1 unspecified atom stereocenters. The predicted octanol–water partition coefficient (Wildman–Crippen LogP) is 2.78. The van der Waals surface area contributed by atoms with Crippen molar-refractivity contribution >= 4 is 47.2 Å². The zero-order valence-corrected chi connectivity index (χ0v) is 19.9. The van der Waals surface area contributed by atoms with Crippen molar-refractivity contribution in [3.8, 4) is 0 Å². The number of guanidine groups is 1. The Morgan fingerprint density at radius 3 is 2.65 bits per heavy atom. The SMILES string of the molecule is CCNC(=NCC(=O)NC(C)(C)C)N(C)Cc1csc(C(C)OC)n1.I. The Morgan fingerprint density at radius 2 is 2.12 bits per heavy atom. The first-order valence-electron chi connectivity index (χ1n) is 8.43. The number of carbonyl (C=O) groups is 1. The van der Waals surface area contributed by atoms with Crippen molar-refractivity contribution in [2.45, 2.75) is 52.8 Å². The number of nitrogens with one attached hydrogen (secondary N) is 2. The zero-order valence-electron chi connectivity index (χ0n) is 16.8. The maximum Gasteiger partial charge on any atom is 0.242 e. The third-order valence-corrected chi connectivity index (χ3v) is 4.31. The number of hydrogen-bond acceptors (Lipinski definition) is 5. The van der Waals surface area contributed by atoms with Crippen molar-refractivity contribution in [1.82, 2.24) is 20.5 Å². The Labute approximate surface area is 178 Å². The summed E-state index contributed by atoms with van der Waals surface area (Å²) >= 11 is 1.59. The molecule has 0 radical (unpaired) electrons. The summed E-state index contributed by atoms with van der Waals surface area (Å²) in [6.45, 7) is 11.3. The van der Waals surface area contributed by atoms with Crippen molar-refractivity contribution < 1.29 is 9.53 Å². The van der Waals surface area contributed by atoms with Gasteiger partial charge < -0.3 is 20.3 Å². The zero-order chi connectivity index (χ0) is 19.0. The number of thiazole rings is 1. The van der Waals surface area contributed by atoms with Gasteiger partial charge in [0, 0.05) is 31.6 Å². The first-order valence-corrected chi connectivity index (χ1v) is 9.31. The summed E-state index contributed by atoms with van der Waals surface area (Å²) in [5.41, 5.74) is 0.697. The van der Waals surface area contributed by atoms with Crippen LogP contribution in [0.15, 0.2) is 10.4 Å². The highest BCUT2D eigenvalue weighted by Crippen LogP contribution is 2.20. The highest BCUT2D eigenvalue weighted by Gasteiger charge is 2.15. The molecular formula is C17H32IN5O2S. The van der Waals surface area contributed by atoms with Crippen molar-refractivity contribution in [3.63, 3.8) is 0 Å². The highest BCUT2D eigenvalue weighted by molar-refractivity contribution is 14.0. The van der Waals surface area contributed by atoms with Gasteiger partial charge in [-0.1, -0.05) is 0 Å². The van der Waals surface area contributed by atoms with Crippen LogP contribution >= 0.6 is 35.3 Å². The fraction of sp³-hybridized carbons (Fsp3) is 0.706. The van der Waals surface area contributed by atoms with Crippen LogP contribution in [0.3, 0.4) is 0 Å². The van der Waals surface area contributed by atoms with Gasteiger partial charge >= 0.3 is 0 Å². The normalized spacial score (nSPS) is 13.0. The molecule has 9 heteroatoms. The summed E-state index contributed by atoms with van der Waals surface area (Å²) in [4.78, 5) is 23.0. The summed E-state index contributed by atoms with van der Waals surface area (Å²) in [5.74, 6) is 0.585. The van der Waals surface area contributed by atoms with Crippen LogP contribution in [-0.2, 0) is 16.1 Å². The van der Waals surface area contributed by atoms with E-state index in [1.807, 2.05) is 51.9 Å². The second-order valence-corrected chi connectivity index (χ2v) is 7.77. The molecule has 1 aromatic heterocycles. The average molecular weight is 497 g/mol. The molecule has 0 aromatic carbocycles. The number of methoxy groups -OCH3 is 1. The molecular weight excluding hydrogens is 465 g/mol. The second kappa shape index (κ2) is 11.7. The van der Waals surface area contributed by atoms with Crippen molar-refractivity contribution in [3.05, 3.63) is 16.1 Å². The van der Waals surface area contributed by atoms with Gasteiger partial charge in [0.2, 0.25) is 5.91 Å². The molecule has 0 saturated heterocycles. The standard InChI is InChI=1S/C17H31N5O2S.HI/c1-8-18-16(19-9-14(23)21-17(3,4)5)22(6)10-13-11-25-15(20-13)12(2)24-7;/h11-12H,8-10H2,1-7H3,(H,18,19)(H,21,23);1H. The molecule has 0 bridgehead atoms. The molecule has 1 rings (SSSR count). The third-order valence-electron chi connectivity index (χ3n) is 3.25. The Bertz CT molecular complexity index is 586. The van der Waals surface area contributed by atoms with E-state index in [0.29, 0.717) is 12.5 Å². The topological polar surface area (TPSA) is 78.9 Å². The van der Waals surface area contributed by atoms with E-state index in [-0.39, 0.29) is 48.1 Å². The summed E-state index contributed by atoms with van der Waals surface area (Å²) in [6, 6.07) is 0. The number of amides is 1. The van der Waals surface area contributed by atoms with Crippen LogP contribution in [0.5, 0.6) is 0 Å². The molecule has 1 heterocycles. The molecule has 1 aromatic rings. The Balaban J connectivity index is 0.00000625. The molecule has 26 heavy (non-hydrogen) atoms. The van der Waals surface area contributed by atoms with Gasteiger partial charge in [0.15, 0.2) is 5.96 Å². The lowest BCUT2D eigenvalue weighted by molar-refractivity contribution is -0.121. The van der Waals surface area contributed by atoms with E-state index >= 15 is 0 Å². The number of aromatic nitrogens is 1. The number of nitrogens with zero attached hydrogens (tertiary/aromatic N) is 3. The van der Waals surface area contributed by atoms with Crippen LogP contribution in [0.1, 0.15) is 51.4 Å². The number of carbonyl (C=O) groups excluding carboxylic acids is 1. The van der Waals surface area contributed by atoms with E-state index in [2.05, 4.69) is 20.6 Å². The number of hydrogen-bond donors (Lipinski definition) is 2. The molecule has 0 spiro atoms. The Hall–Kier alpha value is -0.940. The van der Waals surface area contributed by atoms with Crippen LogP contribution in [-0.4, -0.2) is 54.5 Å². The summed E-state index contributed by atoms with van der Waals surface area (Å²) in [5, 5.41) is 9.10. The summed E-state index contributed by atoms with van der Waals surface area (Å²) in [6.07, 6.45) is -0.00736. The number of ether oxygens (including phenoxy) is 1. The van der Waals surface area contributed by atoms with Gasteiger partial charge in [-0.15, -0.1) is 35.3 Å². The first kappa shape index (κ1) is 25.1. The molecule has 2 N–H and O–H groups in total. The van der Waals surface area contributed by atoms with Gasteiger partial charge in [0.1, 0.15) is 17.7 Å².